The average molecular weight is 401 g/mol. The van der Waals surface area contributed by atoms with Crippen LogP contribution >= 0.6 is 0 Å². The number of aromatic nitrogens is 1. The first-order valence-corrected chi connectivity index (χ1v) is 10.4. The zero-order chi connectivity index (χ0) is 20.5. The van der Waals surface area contributed by atoms with Crippen molar-refractivity contribution in [1.82, 2.24) is 9.88 Å². The van der Waals surface area contributed by atoms with E-state index in [1.165, 1.54) is 0 Å². The summed E-state index contributed by atoms with van der Waals surface area (Å²) in [5, 5.41) is 0.981. The first-order valence-electron chi connectivity index (χ1n) is 10.4. The molecule has 1 aromatic heterocycles. The van der Waals surface area contributed by atoms with Gasteiger partial charge in [-0.3, -0.25) is 14.5 Å². The highest BCUT2D eigenvalue weighted by Crippen LogP contribution is 2.34. The van der Waals surface area contributed by atoms with Gasteiger partial charge in [0.05, 0.1) is 17.7 Å². The third-order valence-electron chi connectivity index (χ3n) is 5.78. The maximum absolute atomic E-state index is 13.4. The van der Waals surface area contributed by atoms with E-state index in [4.69, 9.17) is 4.74 Å². The third-order valence-corrected chi connectivity index (χ3v) is 5.78. The fourth-order valence-electron chi connectivity index (χ4n) is 4.20. The van der Waals surface area contributed by atoms with Gasteiger partial charge in [0.15, 0.2) is 6.10 Å². The highest BCUT2D eigenvalue weighted by molar-refractivity contribution is 6.07. The maximum atomic E-state index is 13.4. The molecule has 0 bridgehead atoms. The van der Waals surface area contributed by atoms with Gasteiger partial charge in [0.2, 0.25) is 0 Å². The van der Waals surface area contributed by atoms with Crippen LogP contribution in [0.2, 0.25) is 0 Å². The predicted molar refractivity (Wildman–Crippen MR) is 115 cm³/mol. The number of piperidine rings is 1. The number of fused-ring (bicyclic) bond motifs is 2. The van der Waals surface area contributed by atoms with Crippen molar-refractivity contribution >= 4 is 28.4 Å². The van der Waals surface area contributed by atoms with Crippen molar-refractivity contribution in [2.24, 2.45) is 0 Å². The molecule has 30 heavy (non-hydrogen) atoms. The number of hydrogen-bond acceptors (Lipinski definition) is 4. The van der Waals surface area contributed by atoms with Crippen LogP contribution in [0.5, 0.6) is 5.75 Å². The molecule has 0 aliphatic carbocycles. The van der Waals surface area contributed by atoms with E-state index in [-0.39, 0.29) is 18.4 Å². The Labute approximate surface area is 175 Å². The van der Waals surface area contributed by atoms with Crippen molar-refractivity contribution in [2.45, 2.75) is 25.4 Å². The van der Waals surface area contributed by atoms with E-state index in [1.807, 2.05) is 53.4 Å². The van der Waals surface area contributed by atoms with Crippen LogP contribution in [0.25, 0.3) is 10.9 Å². The molecule has 0 unspecified atom stereocenters. The van der Waals surface area contributed by atoms with Gasteiger partial charge in [-0.05, 0) is 43.5 Å². The molecule has 0 N–H and O–H groups in total. The number of amides is 2. The van der Waals surface area contributed by atoms with Gasteiger partial charge < -0.3 is 9.64 Å². The standard InChI is InChI=1S/C24H23N3O3/c28-23(19-13-12-17-8-2-3-9-18(17)25-19)27-16-22(24(29)26-14-6-1-7-15-26)30-21-11-5-4-10-20(21)27/h2-5,8-13,22H,1,6-7,14-16H2/t22-/m1/s1. The van der Waals surface area contributed by atoms with E-state index in [0.717, 1.165) is 43.3 Å². The summed E-state index contributed by atoms with van der Waals surface area (Å²) in [6, 6.07) is 18.7. The van der Waals surface area contributed by atoms with Crippen molar-refractivity contribution in [3.05, 3.63) is 66.4 Å². The first kappa shape index (κ1) is 18.6. The molecule has 1 fully saturated rings. The van der Waals surface area contributed by atoms with E-state index >= 15 is 0 Å². The first-order chi connectivity index (χ1) is 14.7. The lowest BCUT2D eigenvalue weighted by Gasteiger charge is -2.37. The Morgan fingerprint density at radius 3 is 2.53 bits per heavy atom. The van der Waals surface area contributed by atoms with E-state index < -0.39 is 6.10 Å². The summed E-state index contributed by atoms with van der Waals surface area (Å²) >= 11 is 0. The summed E-state index contributed by atoms with van der Waals surface area (Å²) < 4.78 is 6.03. The molecule has 3 heterocycles. The number of carbonyl (C=O) groups excluding carboxylic acids is 2. The van der Waals surface area contributed by atoms with Gasteiger partial charge in [-0.25, -0.2) is 4.98 Å². The minimum absolute atomic E-state index is 0.0477. The number of ether oxygens (including phenoxy) is 1. The molecule has 2 aromatic carbocycles. The number of hydrogen-bond donors (Lipinski definition) is 0. The Morgan fingerprint density at radius 2 is 1.67 bits per heavy atom. The monoisotopic (exact) mass is 401 g/mol. The van der Waals surface area contributed by atoms with E-state index in [2.05, 4.69) is 4.98 Å². The van der Waals surface area contributed by atoms with Crippen molar-refractivity contribution in [3.8, 4) is 5.75 Å². The minimum Gasteiger partial charge on any atom is -0.476 e. The van der Waals surface area contributed by atoms with Crippen LogP contribution in [0.1, 0.15) is 29.8 Å². The number of nitrogens with zero attached hydrogens (tertiary/aromatic N) is 3. The Balaban J connectivity index is 1.47. The molecule has 3 aromatic rings. The van der Waals surface area contributed by atoms with Gasteiger partial charge in [0, 0.05) is 18.5 Å². The van der Waals surface area contributed by atoms with E-state index in [1.54, 1.807) is 17.0 Å². The van der Waals surface area contributed by atoms with Crippen LogP contribution in [0.4, 0.5) is 5.69 Å². The lowest BCUT2D eigenvalue weighted by molar-refractivity contribution is -0.139. The number of benzene rings is 2. The highest BCUT2D eigenvalue weighted by Gasteiger charge is 2.36. The fourth-order valence-corrected chi connectivity index (χ4v) is 4.20. The Hall–Kier alpha value is -3.41. The molecule has 1 saturated heterocycles. The van der Waals surface area contributed by atoms with Crippen LogP contribution in [0, 0.1) is 0 Å². The van der Waals surface area contributed by atoms with Crippen molar-refractivity contribution < 1.29 is 14.3 Å². The normalized spacial score (nSPS) is 18.6. The number of anilines is 1. The van der Waals surface area contributed by atoms with Gasteiger partial charge in [-0.15, -0.1) is 0 Å². The molecule has 5 rings (SSSR count). The molecule has 1 atom stereocenters. The molecule has 152 valence electrons. The molecule has 0 spiro atoms. The second kappa shape index (κ2) is 7.78. The summed E-state index contributed by atoms with van der Waals surface area (Å²) in [7, 11) is 0. The number of carbonyl (C=O) groups is 2. The molecule has 6 nitrogen and oxygen atoms in total. The van der Waals surface area contributed by atoms with Gasteiger partial charge in [0.25, 0.3) is 11.8 Å². The average Bonchev–Trinajstić information content (AvgIpc) is 2.82. The summed E-state index contributed by atoms with van der Waals surface area (Å²) in [4.78, 5) is 34.6. The molecule has 2 amide bonds. The van der Waals surface area contributed by atoms with Gasteiger partial charge in [-0.1, -0.05) is 36.4 Å². The number of para-hydroxylation sites is 3. The smallest absolute Gasteiger partial charge is 0.277 e. The molecular weight excluding hydrogens is 378 g/mol. The van der Waals surface area contributed by atoms with Crippen LogP contribution in [-0.4, -0.2) is 47.4 Å². The highest BCUT2D eigenvalue weighted by atomic mass is 16.5. The Bertz CT molecular complexity index is 1110. The topological polar surface area (TPSA) is 62.7 Å². The van der Waals surface area contributed by atoms with E-state index in [9.17, 15) is 9.59 Å². The predicted octanol–water partition coefficient (Wildman–Crippen LogP) is 3.66. The number of likely N-dealkylation sites (tertiary alicyclic amines) is 1. The minimum atomic E-state index is -0.706. The van der Waals surface area contributed by atoms with Gasteiger partial charge >= 0.3 is 0 Å². The van der Waals surface area contributed by atoms with Gasteiger partial charge in [-0.2, -0.15) is 0 Å². The summed E-state index contributed by atoms with van der Waals surface area (Å²) in [5.41, 5.74) is 1.79. The Kier molecular flexibility index (Phi) is 4.83. The molecule has 0 radical (unpaired) electrons. The van der Waals surface area contributed by atoms with Crippen LogP contribution in [-0.2, 0) is 4.79 Å². The van der Waals surface area contributed by atoms with Crippen molar-refractivity contribution in [1.29, 1.82) is 0 Å². The molecular formula is C24H23N3O3. The van der Waals surface area contributed by atoms with Gasteiger partial charge in [0.1, 0.15) is 11.4 Å². The van der Waals surface area contributed by atoms with Crippen LogP contribution in [0.3, 0.4) is 0 Å². The third kappa shape index (κ3) is 3.38. The lowest BCUT2D eigenvalue weighted by atomic mass is 10.1. The largest absolute Gasteiger partial charge is 0.476 e. The van der Waals surface area contributed by atoms with Crippen molar-refractivity contribution in [3.63, 3.8) is 0 Å². The zero-order valence-corrected chi connectivity index (χ0v) is 16.7. The Morgan fingerprint density at radius 1 is 0.900 bits per heavy atom. The second-order valence-electron chi connectivity index (χ2n) is 7.77. The fraction of sp³-hybridized carbons (Fsp3) is 0.292. The SMILES string of the molecule is O=C([C@H]1CN(C(=O)c2ccc3ccccc3n2)c2ccccc2O1)N1CCCCC1. The number of rotatable bonds is 2. The zero-order valence-electron chi connectivity index (χ0n) is 16.7. The molecule has 2 aliphatic rings. The summed E-state index contributed by atoms with van der Waals surface area (Å²) in [6.45, 7) is 1.68. The maximum Gasteiger partial charge on any atom is 0.277 e. The van der Waals surface area contributed by atoms with Crippen LogP contribution < -0.4 is 9.64 Å². The van der Waals surface area contributed by atoms with Crippen LogP contribution in [0.15, 0.2) is 60.7 Å². The van der Waals surface area contributed by atoms with Crippen molar-refractivity contribution in [2.75, 3.05) is 24.5 Å². The number of pyridine rings is 1. The van der Waals surface area contributed by atoms with E-state index in [0.29, 0.717) is 17.1 Å². The quantitative estimate of drug-likeness (QED) is 0.658. The second-order valence-corrected chi connectivity index (χ2v) is 7.77. The summed E-state index contributed by atoms with van der Waals surface area (Å²) in [5.74, 6) is 0.273. The molecule has 2 aliphatic heterocycles. The molecule has 0 saturated carbocycles. The lowest BCUT2D eigenvalue weighted by Crippen LogP contribution is -2.52. The summed E-state index contributed by atoms with van der Waals surface area (Å²) in [6.07, 6.45) is 2.47. The molecule has 6 heteroatoms.